The van der Waals surface area contributed by atoms with Gasteiger partial charge in [-0.1, -0.05) is 0 Å². The van der Waals surface area contributed by atoms with Crippen LogP contribution in [0.5, 0.6) is 0 Å². The van der Waals surface area contributed by atoms with Crippen molar-refractivity contribution in [2.75, 3.05) is 13.2 Å². The van der Waals surface area contributed by atoms with Crippen LogP contribution in [0.25, 0.3) is 0 Å². The highest BCUT2D eigenvalue weighted by atomic mass is 16.5. The summed E-state index contributed by atoms with van der Waals surface area (Å²) in [5.74, 6) is 0.219. The molecule has 1 heterocycles. The zero-order valence-electron chi connectivity index (χ0n) is 8.08. The minimum atomic E-state index is -0.655. The molecule has 4 nitrogen and oxygen atoms in total. The van der Waals surface area contributed by atoms with Gasteiger partial charge in [0.2, 0.25) is 5.91 Å². The molecule has 2 aliphatic rings. The maximum absolute atomic E-state index is 11.5. The van der Waals surface area contributed by atoms with Crippen molar-refractivity contribution in [3.8, 4) is 6.07 Å². The first-order chi connectivity index (χ1) is 6.76. The SMILES string of the molecule is N#CC1(NC(=O)C2CC2)CCOCC1. The second kappa shape index (κ2) is 3.58. The molecule has 2 rings (SSSR count). The molecule has 1 saturated heterocycles. The number of nitriles is 1. The molecule has 0 bridgehead atoms. The van der Waals surface area contributed by atoms with Gasteiger partial charge in [0.1, 0.15) is 5.54 Å². The van der Waals surface area contributed by atoms with Crippen molar-refractivity contribution in [2.45, 2.75) is 31.2 Å². The molecule has 4 heteroatoms. The smallest absolute Gasteiger partial charge is 0.224 e. The highest BCUT2D eigenvalue weighted by Crippen LogP contribution is 2.30. The van der Waals surface area contributed by atoms with Crippen LogP contribution in [0, 0.1) is 17.2 Å². The van der Waals surface area contributed by atoms with Gasteiger partial charge in [-0.25, -0.2) is 0 Å². The summed E-state index contributed by atoms with van der Waals surface area (Å²) in [6.45, 7) is 1.14. The van der Waals surface area contributed by atoms with E-state index in [1.807, 2.05) is 0 Å². The van der Waals surface area contributed by atoms with Crippen molar-refractivity contribution in [3.05, 3.63) is 0 Å². The van der Waals surface area contributed by atoms with Crippen molar-refractivity contribution in [2.24, 2.45) is 5.92 Å². The number of nitrogens with one attached hydrogen (secondary N) is 1. The minimum absolute atomic E-state index is 0.0495. The summed E-state index contributed by atoms with van der Waals surface area (Å²) in [6.07, 6.45) is 3.18. The number of carbonyl (C=O) groups excluding carboxylic acids is 1. The van der Waals surface area contributed by atoms with E-state index >= 15 is 0 Å². The van der Waals surface area contributed by atoms with E-state index in [1.165, 1.54) is 0 Å². The van der Waals surface area contributed by atoms with E-state index in [9.17, 15) is 4.79 Å². The molecular weight excluding hydrogens is 180 g/mol. The first kappa shape index (κ1) is 9.47. The Morgan fingerprint density at radius 2 is 2.07 bits per heavy atom. The van der Waals surface area contributed by atoms with Crippen molar-refractivity contribution in [1.82, 2.24) is 5.32 Å². The summed E-state index contributed by atoms with van der Waals surface area (Å²) >= 11 is 0. The molecule has 1 aliphatic carbocycles. The summed E-state index contributed by atoms with van der Waals surface area (Å²) in [4.78, 5) is 11.5. The van der Waals surface area contributed by atoms with Crippen LogP contribution in [0.2, 0.25) is 0 Å². The Morgan fingerprint density at radius 3 is 2.57 bits per heavy atom. The van der Waals surface area contributed by atoms with Crippen LogP contribution < -0.4 is 5.32 Å². The molecule has 76 valence electrons. The second-order valence-electron chi connectivity index (χ2n) is 4.07. The largest absolute Gasteiger partial charge is 0.381 e. The quantitative estimate of drug-likeness (QED) is 0.699. The van der Waals surface area contributed by atoms with Crippen LogP contribution in [0.4, 0.5) is 0 Å². The number of hydrogen-bond acceptors (Lipinski definition) is 3. The molecule has 0 aromatic carbocycles. The summed E-state index contributed by atoms with van der Waals surface area (Å²) in [7, 11) is 0. The van der Waals surface area contributed by atoms with Crippen LogP contribution in [-0.2, 0) is 9.53 Å². The maximum atomic E-state index is 11.5. The number of ether oxygens (including phenoxy) is 1. The Bertz CT molecular complexity index is 272. The minimum Gasteiger partial charge on any atom is -0.381 e. The fourth-order valence-corrected chi connectivity index (χ4v) is 1.67. The maximum Gasteiger partial charge on any atom is 0.224 e. The molecule has 0 atom stereocenters. The Kier molecular flexibility index (Phi) is 2.42. The second-order valence-corrected chi connectivity index (χ2v) is 4.07. The predicted octanol–water partition coefficient (Wildman–Crippen LogP) is 0.585. The average molecular weight is 194 g/mol. The van der Waals surface area contributed by atoms with E-state index < -0.39 is 5.54 Å². The first-order valence-corrected chi connectivity index (χ1v) is 5.07. The normalized spacial score (nSPS) is 25.1. The molecular formula is C10H14N2O2. The van der Waals surface area contributed by atoms with E-state index in [0.29, 0.717) is 26.1 Å². The molecule has 1 aliphatic heterocycles. The first-order valence-electron chi connectivity index (χ1n) is 5.07. The third-order valence-corrected chi connectivity index (χ3v) is 2.87. The molecule has 0 unspecified atom stereocenters. The van der Waals surface area contributed by atoms with Crippen molar-refractivity contribution in [3.63, 3.8) is 0 Å². The van der Waals surface area contributed by atoms with Gasteiger partial charge in [0.15, 0.2) is 0 Å². The summed E-state index contributed by atoms with van der Waals surface area (Å²) < 4.78 is 5.18. The van der Waals surface area contributed by atoms with Crippen LogP contribution in [0.15, 0.2) is 0 Å². The zero-order chi connectivity index (χ0) is 10.0. The van der Waals surface area contributed by atoms with Gasteiger partial charge in [-0.3, -0.25) is 4.79 Å². The van der Waals surface area contributed by atoms with Crippen LogP contribution in [-0.4, -0.2) is 24.7 Å². The number of nitrogens with zero attached hydrogens (tertiary/aromatic N) is 1. The molecule has 0 aromatic rings. The highest BCUT2D eigenvalue weighted by molar-refractivity contribution is 5.82. The van der Waals surface area contributed by atoms with Gasteiger partial charge in [0.25, 0.3) is 0 Å². The fourth-order valence-electron chi connectivity index (χ4n) is 1.67. The lowest BCUT2D eigenvalue weighted by molar-refractivity contribution is -0.124. The molecule has 1 saturated carbocycles. The van der Waals surface area contributed by atoms with E-state index in [-0.39, 0.29) is 11.8 Å². The predicted molar refractivity (Wildman–Crippen MR) is 49.3 cm³/mol. The Morgan fingerprint density at radius 1 is 1.43 bits per heavy atom. The summed E-state index contributed by atoms with van der Waals surface area (Å²) in [6, 6.07) is 2.22. The van der Waals surface area contributed by atoms with Gasteiger partial charge in [0.05, 0.1) is 6.07 Å². The Balaban J connectivity index is 1.97. The molecule has 1 amide bonds. The van der Waals surface area contributed by atoms with E-state index in [4.69, 9.17) is 10.00 Å². The van der Waals surface area contributed by atoms with Crippen LogP contribution in [0.3, 0.4) is 0 Å². The molecule has 0 spiro atoms. The van der Waals surface area contributed by atoms with E-state index in [2.05, 4.69) is 11.4 Å². The lowest BCUT2D eigenvalue weighted by Gasteiger charge is -2.31. The third kappa shape index (κ3) is 1.88. The Hall–Kier alpha value is -1.08. The lowest BCUT2D eigenvalue weighted by atomic mass is 9.91. The van der Waals surface area contributed by atoms with Gasteiger partial charge < -0.3 is 10.1 Å². The number of rotatable bonds is 2. The monoisotopic (exact) mass is 194 g/mol. The van der Waals surface area contributed by atoms with Gasteiger partial charge in [0, 0.05) is 32.0 Å². The van der Waals surface area contributed by atoms with Crippen molar-refractivity contribution >= 4 is 5.91 Å². The topological polar surface area (TPSA) is 62.1 Å². The standard InChI is InChI=1S/C10H14N2O2/c11-7-10(3-5-14-6-4-10)12-9(13)8-1-2-8/h8H,1-6H2,(H,12,13). The van der Waals surface area contributed by atoms with Crippen LogP contribution in [0.1, 0.15) is 25.7 Å². The Labute approximate surface area is 83.2 Å². The molecule has 0 radical (unpaired) electrons. The molecule has 1 N–H and O–H groups in total. The summed E-state index contributed by atoms with van der Waals surface area (Å²) in [5.41, 5.74) is -0.655. The van der Waals surface area contributed by atoms with Crippen molar-refractivity contribution in [1.29, 1.82) is 5.26 Å². The molecule has 2 fully saturated rings. The molecule has 0 aromatic heterocycles. The van der Waals surface area contributed by atoms with E-state index in [1.54, 1.807) is 0 Å². The fraction of sp³-hybridized carbons (Fsp3) is 0.800. The average Bonchev–Trinajstić information content (AvgIpc) is 3.02. The van der Waals surface area contributed by atoms with Crippen LogP contribution >= 0.6 is 0 Å². The number of carbonyl (C=O) groups is 1. The van der Waals surface area contributed by atoms with Gasteiger partial charge in [-0.15, -0.1) is 0 Å². The zero-order valence-corrected chi connectivity index (χ0v) is 8.08. The number of amides is 1. The lowest BCUT2D eigenvalue weighted by Crippen LogP contribution is -2.51. The van der Waals surface area contributed by atoms with Gasteiger partial charge in [-0.05, 0) is 12.8 Å². The van der Waals surface area contributed by atoms with Gasteiger partial charge in [-0.2, -0.15) is 5.26 Å². The number of hydrogen-bond donors (Lipinski definition) is 1. The molecule has 14 heavy (non-hydrogen) atoms. The summed E-state index contributed by atoms with van der Waals surface area (Å²) in [5, 5.41) is 11.9. The van der Waals surface area contributed by atoms with E-state index in [0.717, 1.165) is 12.8 Å². The third-order valence-electron chi connectivity index (χ3n) is 2.87. The van der Waals surface area contributed by atoms with Crippen molar-refractivity contribution < 1.29 is 9.53 Å². The van der Waals surface area contributed by atoms with Gasteiger partial charge >= 0.3 is 0 Å². The highest BCUT2D eigenvalue weighted by Gasteiger charge is 2.38.